The maximum Gasteiger partial charge on any atom is 0.135 e. The van der Waals surface area contributed by atoms with Crippen molar-refractivity contribution >= 4 is 0 Å². The van der Waals surface area contributed by atoms with Crippen molar-refractivity contribution in [3.8, 4) is 0 Å². The van der Waals surface area contributed by atoms with Gasteiger partial charge in [-0.3, -0.25) is 10.6 Å². The Labute approximate surface area is 59.4 Å². The van der Waals surface area contributed by atoms with Gasteiger partial charge in [0.25, 0.3) is 0 Å². The Balaban J connectivity index is 2.12. The fourth-order valence-corrected chi connectivity index (χ4v) is 1.16. The summed E-state index contributed by atoms with van der Waals surface area (Å²) in [5, 5.41) is 6.51. The predicted octanol–water partition coefficient (Wildman–Crippen LogP) is 0.471. The van der Waals surface area contributed by atoms with E-state index in [1.54, 1.807) is 6.26 Å². The van der Waals surface area contributed by atoms with E-state index in [1.807, 2.05) is 12.1 Å². The molecule has 0 aromatic carbocycles. The Morgan fingerprint density at radius 2 is 2.20 bits per heavy atom. The summed E-state index contributed by atoms with van der Waals surface area (Å²) >= 11 is 0. The molecule has 0 bridgehead atoms. The standard InChI is InChI=1S/C7H10N2O/c1-2-6(10-5-1)7-8-3-4-9-7/h1-2,5,7-9H,3-4H2. The van der Waals surface area contributed by atoms with Gasteiger partial charge in [0.2, 0.25) is 0 Å². The molecule has 2 rings (SSSR count). The number of nitrogens with one attached hydrogen (secondary N) is 2. The van der Waals surface area contributed by atoms with E-state index < -0.39 is 0 Å². The lowest BCUT2D eigenvalue weighted by Crippen LogP contribution is -2.20. The first-order chi connectivity index (χ1) is 4.97. The summed E-state index contributed by atoms with van der Waals surface area (Å²) in [5.41, 5.74) is 0. The van der Waals surface area contributed by atoms with Crippen LogP contribution in [0, 0.1) is 0 Å². The fraction of sp³-hybridized carbons (Fsp3) is 0.429. The summed E-state index contributed by atoms with van der Waals surface area (Å²) in [6, 6.07) is 3.87. The second-order valence-electron chi connectivity index (χ2n) is 2.36. The zero-order valence-electron chi connectivity index (χ0n) is 5.63. The van der Waals surface area contributed by atoms with E-state index in [2.05, 4.69) is 10.6 Å². The minimum Gasteiger partial charge on any atom is -0.466 e. The van der Waals surface area contributed by atoms with Crippen molar-refractivity contribution in [2.75, 3.05) is 13.1 Å². The molecule has 1 aromatic heterocycles. The molecule has 3 heteroatoms. The fourth-order valence-electron chi connectivity index (χ4n) is 1.16. The molecule has 1 saturated heterocycles. The topological polar surface area (TPSA) is 37.2 Å². The lowest BCUT2D eigenvalue weighted by Gasteiger charge is -2.05. The van der Waals surface area contributed by atoms with Crippen LogP contribution in [-0.4, -0.2) is 13.1 Å². The lowest BCUT2D eigenvalue weighted by molar-refractivity contribution is 0.424. The number of rotatable bonds is 1. The third-order valence-corrected chi connectivity index (χ3v) is 1.65. The van der Waals surface area contributed by atoms with Gasteiger partial charge in [-0.1, -0.05) is 0 Å². The highest BCUT2D eigenvalue weighted by atomic mass is 16.3. The number of hydrogen-bond donors (Lipinski definition) is 2. The predicted molar refractivity (Wildman–Crippen MR) is 37.5 cm³/mol. The van der Waals surface area contributed by atoms with E-state index in [0.29, 0.717) is 0 Å². The molecule has 1 aromatic rings. The van der Waals surface area contributed by atoms with Crippen LogP contribution in [0.25, 0.3) is 0 Å². The molecular formula is C7H10N2O. The third-order valence-electron chi connectivity index (χ3n) is 1.65. The lowest BCUT2D eigenvalue weighted by atomic mass is 10.4. The molecule has 0 aliphatic carbocycles. The average Bonchev–Trinajstić information content (AvgIpc) is 2.59. The molecule has 0 saturated carbocycles. The summed E-state index contributed by atoms with van der Waals surface area (Å²) in [5.74, 6) is 0.970. The van der Waals surface area contributed by atoms with E-state index in [4.69, 9.17) is 4.42 Å². The maximum absolute atomic E-state index is 5.19. The van der Waals surface area contributed by atoms with Gasteiger partial charge >= 0.3 is 0 Å². The van der Waals surface area contributed by atoms with Gasteiger partial charge in [0.05, 0.1) is 6.26 Å². The van der Waals surface area contributed by atoms with Crippen LogP contribution < -0.4 is 10.6 Å². The monoisotopic (exact) mass is 138 g/mol. The minimum absolute atomic E-state index is 0.231. The van der Waals surface area contributed by atoms with E-state index >= 15 is 0 Å². The zero-order valence-corrected chi connectivity index (χ0v) is 5.63. The molecule has 0 amide bonds. The highest BCUT2D eigenvalue weighted by molar-refractivity contribution is 5.04. The second kappa shape index (κ2) is 2.44. The van der Waals surface area contributed by atoms with E-state index in [1.165, 1.54) is 0 Å². The van der Waals surface area contributed by atoms with Crippen LogP contribution in [0.3, 0.4) is 0 Å². The summed E-state index contributed by atoms with van der Waals surface area (Å²) < 4.78 is 5.19. The van der Waals surface area contributed by atoms with Crippen LogP contribution in [-0.2, 0) is 0 Å². The van der Waals surface area contributed by atoms with Crippen LogP contribution in [0.5, 0.6) is 0 Å². The van der Waals surface area contributed by atoms with Crippen LogP contribution in [0.15, 0.2) is 22.8 Å². The summed E-state index contributed by atoms with van der Waals surface area (Å²) in [7, 11) is 0. The Bertz CT molecular complexity index is 189. The highest BCUT2D eigenvalue weighted by Crippen LogP contribution is 2.11. The molecule has 0 unspecified atom stereocenters. The van der Waals surface area contributed by atoms with Crippen molar-refractivity contribution in [1.82, 2.24) is 10.6 Å². The molecule has 3 nitrogen and oxygen atoms in total. The van der Waals surface area contributed by atoms with Gasteiger partial charge in [0.1, 0.15) is 11.9 Å². The van der Waals surface area contributed by atoms with Crippen molar-refractivity contribution in [2.45, 2.75) is 6.17 Å². The first-order valence-electron chi connectivity index (χ1n) is 3.47. The summed E-state index contributed by atoms with van der Waals surface area (Å²) in [6.45, 7) is 2.04. The van der Waals surface area contributed by atoms with Crippen LogP contribution in [0.4, 0.5) is 0 Å². The SMILES string of the molecule is c1coc(C2NCCN2)c1. The third kappa shape index (κ3) is 0.936. The van der Waals surface area contributed by atoms with Gasteiger partial charge in [0.15, 0.2) is 0 Å². The molecule has 54 valence electrons. The molecule has 10 heavy (non-hydrogen) atoms. The van der Waals surface area contributed by atoms with E-state index in [9.17, 15) is 0 Å². The van der Waals surface area contributed by atoms with E-state index in [0.717, 1.165) is 18.8 Å². The van der Waals surface area contributed by atoms with Gasteiger partial charge in [-0.25, -0.2) is 0 Å². The van der Waals surface area contributed by atoms with Gasteiger partial charge in [-0.2, -0.15) is 0 Å². The molecule has 0 atom stereocenters. The van der Waals surface area contributed by atoms with Gasteiger partial charge in [0, 0.05) is 13.1 Å². The van der Waals surface area contributed by atoms with Crippen molar-refractivity contribution in [3.63, 3.8) is 0 Å². The van der Waals surface area contributed by atoms with Gasteiger partial charge < -0.3 is 4.42 Å². The largest absolute Gasteiger partial charge is 0.466 e. The zero-order chi connectivity index (χ0) is 6.81. The van der Waals surface area contributed by atoms with Gasteiger partial charge in [-0.05, 0) is 12.1 Å². The first kappa shape index (κ1) is 5.95. The Morgan fingerprint density at radius 1 is 1.40 bits per heavy atom. The molecular weight excluding hydrogens is 128 g/mol. The normalized spacial score (nSPS) is 20.0. The number of furan rings is 1. The Hall–Kier alpha value is -0.800. The highest BCUT2D eigenvalue weighted by Gasteiger charge is 2.16. The van der Waals surface area contributed by atoms with Crippen LogP contribution in [0.1, 0.15) is 11.9 Å². The average molecular weight is 138 g/mol. The van der Waals surface area contributed by atoms with E-state index in [-0.39, 0.29) is 6.17 Å². The molecule has 2 N–H and O–H groups in total. The molecule has 0 radical (unpaired) electrons. The van der Waals surface area contributed by atoms with Crippen LogP contribution >= 0.6 is 0 Å². The van der Waals surface area contributed by atoms with Crippen LogP contribution in [0.2, 0.25) is 0 Å². The quantitative estimate of drug-likeness (QED) is 0.592. The molecule has 2 heterocycles. The Morgan fingerprint density at radius 3 is 2.80 bits per heavy atom. The summed E-state index contributed by atoms with van der Waals surface area (Å²) in [4.78, 5) is 0. The van der Waals surface area contributed by atoms with Crippen molar-refractivity contribution in [1.29, 1.82) is 0 Å². The maximum atomic E-state index is 5.19. The molecule has 1 aliphatic heterocycles. The minimum atomic E-state index is 0.231. The molecule has 0 spiro atoms. The molecule has 1 aliphatic rings. The Kier molecular flexibility index (Phi) is 1.45. The molecule has 1 fully saturated rings. The van der Waals surface area contributed by atoms with Crippen molar-refractivity contribution in [3.05, 3.63) is 24.2 Å². The first-order valence-corrected chi connectivity index (χ1v) is 3.47. The summed E-state index contributed by atoms with van der Waals surface area (Å²) in [6.07, 6.45) is 1.92. The van der Waals surface area contributed by atoms with Crippen molar-refractivity contribution in [2.24, 2.45) is 0 Å². The van der Waals surface area contributed by atoms with Gasteiger partial charge in [-0.15, -0.1) is 0 Å². The number of hydrogen-bond acceptors (Lipinski definition) is 3. The van der Waals surface area contributed by atoms with Crippen molar-refractivity contribution < 1.29 is 4.42 Å². The smallest absolute Gasteiger partial charge is 0.135 e. The second-order valence-corrected chi connectivity index (χ2v) is 2.36.